The molecule has 0 radical (unpaired) electrons. The molecule has 1 fully saturated rings. The van der Waals surface area contributed by atoms with Crippen molar-refractivity contribution in [3.05, 3.63) is 35.5 Å². The number of β-amino-alcohol motifs (C(OH)–C–C–N with tert-alkyl or cyclic N) is 1. The molecule has 2 aromatic heterocycles. The van der Waals surface area contributed by atoms with Crippen LogP contribution in [0, 0.1) is 6.92 Å². The second-order valence-corrected chi connectivity index (χ2v) is 6.19. The van der Waals surface area contributed by atoms with Gasteiger partial charge in [0.1, 0.15) is 17.1 Å². The molecule has 0 spiro atoms. The molecule has 0 bridgehead atoms. The van der Waals surface area contributed by atoms with Gasteiger partial charge in [0.2, 0.25) is 0 Å². The van der Waals surface area contributed by atoms with Crippen molar-refractivity contribution in [3.63, 3.8) is 0 Å². The first-order valence-corrected chi connectivity index (χ1v) is 7.79. The molecular formula is C15H21N5O4. The number of nitrogens with zero attached hydrogens (tertiary/aromatic N) is 3. The highest BCUT2D eigenvalue weighted by atomic mass is 16.5. The van der Waals surface area contributed by atoms with Crippen LogP contribution in [0.2, 0.25) is 0 Å². The molecule has 1 aliphatic rings. The summed E-state index contributed by atoms with van der Waals surface area (Å²) in [6.45, 7) is 3.22. The number of hydrogen-bond acceptors (Lipinski definition) is 7. The average Bonchev–Trinajstić information content (AvgIpc) is 3.21. The summed E-state index contributed by atoms with van der Waals surface area (Å²) in [5.41, 5.74) is -0.254. The van der Waals surface area contributed by atoms with Gasteiger partial charge in [-0.25, -0.2) is 0 Å². The maximum atomic E-state index is 11.9. The van der Waals surface area contributed by atoms with E-state index in [9.17, 15) is 15.0 Å². The summed E-state index contributed by atoms with van der Waals surface area (Å²) in [6, 6.07) is 3.39. The Kier molecular flexibility index (Phi) is 4.65. The zero-order valence-electron chi connectivity index (χ0n) is 13.4. The highest BCUT2D eigenvalue weighted by Gasteiger charge is 2.41. The van der Waals surface area contributed by atoms with Crippen LogP contribution in [0.1, 0.15) is 28.4 Å². The van der Waals surface area contributed by atoms with Gasteiger partial charge in [-0.3, -0.25) is 14.8 Å². The molecule has 4 N–H and O–H groups in total. The molecule has 1 amide bonds. The average molecular weight is 335 g/mol. The van der Waals surface area contributed by atoms with Gasteiger partial charge >= 0.3 is 0 Å². The lowest BCUT2D eigenvalue weighted by atomic mass is 9.88. The highest BCUT2D eigenvalue weighted by Crippen LogP contribution is 2.23. The van der Waals surface area contributed by atoms with Gasteiger partial charge in [0.25, 0.3) is 5.91 Å². The number of nitrogens with one attached hydrogen (secondary N) is 2. The molecule has 9 heteroatoms. The highest BCUT2D eigenvalue weighted by molar-refractivity contribution is 5.92. The smallest absolute Gasteiger partial charge is 0.269 e. The summed E-state index contributed by atoms with van der Waals surface area (Å²) in [7, 11) is 0. The van der Waals surface area contributed by atoms with E-state index in [0.717, 1.165) is 11.5 Å². The Hall–Kier alpha value is -2.23. The van der Waals surface area contributed by atoms with Crippen molar-refractivity contribution in [3.8, 4) is 0 Å². The third-order valence-corrected chi connectivity index (χ3v) is 4.28. The fraction of sp³-hybridized carbons (Fsp3) is 0.533. The second-order valence-electron chi connectivity index (χ2n) is 6.19. The first-order chi connectivity index (χ1) is 11.5. The summed E-state index contributed by atoms with van der Waals surface area (Å²) in [5, 5.41) is 33.8. The van der Waals surface area contributed by atoms with Gasteiger partial charge < -0.3 is 20.1 Å². The van der Waals surface area contributed by atoms with Crippen molar-refractivity contribution < 1.29 is 19.5 Å². The third kappa shape index (κ3) is 3.64. The third-order valence-electron chi connectivity index (χ3n) is 4.28. The van der Waals surface area contributed by atoms with Crippen LogP contribution in [0.25, 0.3) is 0 Å². The molecule has 9 nitrogen and oxygen atoms in total. The number of aryl methyl sites for hydroxylation is 1. The van der Waals surface area contributed by atoms with Gasteiger partial charge in [0, 0.05) is 38.4 Å². The molecule has 1 saturated heterocycles. The number of aromatic amines is 1. The maximum Gasteiger partial charge on any atom is 0.269 e. The molecular weight excluding hydrogens is 314 g/mol. The minimum absolute atomic E-state index is 0.0249. The van der Waals surface area contributed by atoms with Crippen LogP contribution in [0.15, 0.2) is 22.9 Å². The van der Waals surface area contributed by atoms with Crippen LogP contribution < -0.4 is 5.32 Å². The van der Waals surface area contributed by atoms with E-state index in [1.165, 1.54) is 12.3 Å². The quantitative estimate of drug-likeness (QED) is 0.576. The van der Waals surface area contributed by atoms with E-state index in [-0.39, 0.29) is 12.5 Å². The molecule has 2 aromatic rings. The van der Waals surface area contributed by atoms with Gasteiger partial charge in [0.05, 0.1) is 11.8 Å². The van der Waals surface area contributed by atoms with E-state index in [1.807, 2.05) is 17.9 Å². The normalized spacial score (nSPS) is 24.9. The fourth-order valence-corrected chi connectivity index (χ4v) is 2.81. The molecule has 0 aromatic carbocycles. The summed E-state index contributed by atoms with van der Waals surface area (Å²) < 4.78 is 5.03. The van der Waals surface area contributed by atoms with Crippen molar-refractivity contribution in [2.45, 2.75) is 31.6 Å². The van der Waals surface area contributed by atoms with Gasteiger partial charge in [0.15, 0.2) is 0 Å². The fourth-order valence-electron chi connectivity index (χ4n) is 2.81. The Morgan fingerprint density at radius 3 is 3.08 bits per heavy atom. The number of carbonyl (C=O) groups is 1. The number of H-pyrrole nitrogens is 1. The Bertz CT molecular complexity index is 686. The number of piperidine rings is 1. The summed E-state index contributed by atoms with van der Waals surface area (Å²) in [6.07, 6.45) is 0.845. The van der Waals surface area contributed by atoms with Crippen LogP contribution in [-0.2, 0) is 6.54 Å². The molecule has 24 heavy (non-hydrogen) atoms. The van der Waals surface area contributed by atoms with Crippen LogP contribution >= 0.6 is 0 Å². The van der Waals surface area contributed by atoms with Crippen LogP contribution in [0.5, 0.6) is 0 Å². The Morgan fingerprint density at radius 2 is 2.46 bits per heavy atom. The van der Waals surface area contributed by atoms with E-state index in [4.69, 9.17) is 4.52 Å². The predicted octanol–water partition coefficient (Wildman–Crippen LogP) is -0.566. The van der Waals surface area contributed by atoms with Crippen molar-refractivity contribution in [2.75, 3.05) is 19.6 Å². The van der Waals surface area contributed by atoms with Gasteiger partial charge in [-0.15, -0.1) is 0 Å². The number of aliphatic hydroxyl groups excluding tert-OH is 1. The zero-order valence-corrected chi connectivity index (χ0v) is 13.4. The number of aliphatic hydroxyl groups is 2. The zero-order chi connectivity index (χ0) is 17.2. The van der Waals surface area contributed by atoms with Crippen molar-refractivity contribution in [1.29, 1.82) is 0 Å². The first-order valence-electron chi connectivity index (χ1n) is 7.79. The summed E-state index contributed by atoms with van der Waals surface area (Å²) in [4.78, 5) is 13.9. The Balaban J connectivity index is 1.53. The molecule has 0 unspecified atom stereocenters. The lowest BCUT2D eigenvalue weighted by Crippen LogP contribution is -2.60. The lowest BCUT2D eigenvalue weighted by molar-refractivity contribution is -0.117. The maximum absolute atomic E-state index is 11.9. The molecule has 130 valence electrons. The lowest BCUT2D eigenvalue weighted by Gasteiger charge is -2.41. The first kappa shape index (κ1) is 16.6. The Morgan fingerprint density at radius 1 is 1.62 bits per heavy atom. The van der Waals surface area contributed by atoms with E-state index in [2.05, 4.69) is 20.7 Å². The molecule has 0 aliphatic carbocycles. The topological polar surface area (TPSA) is 128 Å². The van der Waals surface area contributed by atoms with Crippen molar-refractivity contribution in [1.82, 2.24) is 25.6 Å². The van der Waals surface area contributed by atoms with Crippen LogP contribution in [0.3, 0.4) is 0 Å². The van der Waals surface area contributed by atoms with Crippen LogP contribution in [0.4, 0.5) is 0 Å². The Labute approximate surface area is 138 Å². The standard InChI is InChI=1S/C15H21N5O4/c1-10-6-11(19-24-10)7-20-5-3-15(23,13(21)8-20)9-16-14(22)12-2-4-17-18-12/h2,4,6,13,21,23H,3,5,7-9H2,1H3,(H,16,22)(H,17,18)/t13-,15-/m1/s1. The van der Waals surface area contributed by atoms with E-state index < -0.39 is 11.7 Å². The predicted molar refractivity (Wildman–Crippen MR) is 83.0 cm³/mol. The molecule has 0 saturated carbocycles. The summed E-state index contributed by atoms with van der Waals surface area (Å²) in [5.74, 6) is 0.370. The number of likely N-dealkylation sites (tertiary alicyclic amines) is 1. The SMILES string of the molecule is Cc1cc(CN2CC[C@@](O)(CNC(=O)c3ccn[nH]3)[C@H](O)C2)no1. The number of rotatable bonds is 5. The second kappa shape index (κ2) is 6.71. The van der Waals surface area contributed by atoms with Gasteiger partial charge in [-0.05, 0) is 19.4 Å². The van der Waals surface area contributed by atoms with E-state index in [0.29, 0.717) is 31.7 Å². The summed E-state index contributed by atoms with van der Waals surface area (Å²) >= 11 is 0. The van der Waals surface area contributed by atoms with Gasteiger partial charge in [-0.1, -0.05) is 5.16 Å². The van der Waals surface area contributed by atoms with Gasteiger partial charge in [-0.2, -0.15) is 5.10 Å². The van der Waals surface area contributed by atoms with Crippen molar-refractivity contribution >= 4 is 5.91 Å². The minimum atomic E-state index is -1.36. The number of aromatic nitrogens is 3. The monoisotopic (exact) mass is 335 g/mol. The van der Waals surface area contributed by atoms with Crippen LogP contribution in [-0.4, -0.2) is 67.7 Å². The minimum Gasteiger partial charge on any atom is -0.389 e. The van der Waals surface area contributed by atoms with Crippen molar-refractivity contribution in [2.24, 2.45) is 0 Å². The largest absolute Gasteiger partial charge is 0.389 e. The molecule has 1 aliphatic heterocycles. The number of amides is 1. The van der Waals surface area contributed by atoms with E-state index in [1.54, 1.807) is 0 Å². The number of hydrogen-bond donors (Lipinski definition) is 4. The number of carbonyl (C=O) groups excluding carboxylic acids is 1. The molecule has 3 rings (SSSR count). The molecule has 3 heterocycles. The molecule has 2 atom stereocenters. The van der Waals surface area contributed by atoms with E-state index >= 15 is 0 Å².